The SMILES string of the molecule is CNC(=O)CC(=O)N1CCC(C)CC1. The van der Waals surface area contributed by atoms with Gasteiger partial charge in [0.15, 0.2) is 0 Å². The van der Waals surface area contributed by atoms with E-state index in [0.717, 1.165) is 25.9 Å². The van der Waals surface area contributed by atoms with Crippen LogP contribution in [-0.2, 0) is 9.59 Å². The van der Waals surface area contributed by atoms with E-state index >= 15 is 0 Å². The van der Waals surface area contributed by atoms with Crippen LogP contribution in [0.25, 0.3) is 0 Å². The van der Waals surface area contributed by atoms with Gasteiger partial charge in [-0.2, -0.15) is 0 Å². The third-order valence-corrected chi connectivity index (χ3v) is 2.73. The second kappa shape index (κ2) is 4.98. The summed E-state index contributed by atoms with van der Waals surface area (Å²) in [6.07, 6.45) is 2.10. The fraction of sp³-hybridized carbons (Fsp3) is 0.800. The lowest BCUT2D eigenvalue weighted by Gasteiger charge is -2.30. The summed E-state index contributed by atoms with van der Waals surface area (Å²) < 4.78 is 0. The Labute approximate surface area is 84.7 Å². The normalized spacial score (nSPS) is 18.0. The lowest BCUT2D eigenvalue weighted by Crippen LogP contribution is -2.40. The van der Waals surface area contributed by atoms with Crippen molar-refractivity contribution < 1.29 is 9.59 Å². The van der Waals surface area contributed by atoms with E-state index in [1.54, 1.807) is 11.9 Å². The van der Waals surface area contributed by atoms with E-state index in [4.69, 9.17) is 0 Å². The Morgan fingerprint density at radius 1 is 1.36 bits per heavy atom. The first kappa shape index (κ1) is 11.0. The molecule has 0 atom stereocenters. The van der Waals surface area contributed by atoms with Crippen molar-refractivity contribution in [3.05, 3.63) is 0 Å². The number of hydrogen-bond donors (Lipinski definition) is 1. The van der Waals surface area contributed by atoms with E-state index in [0.29, 0.717) is 5.92 Å². The molecule has 1 rings (SSSR count). The fourth-order valence-corrected chi connectivity index (χ4v) is 1.60. The molecule has 4 nitrogen and oxygen atoms in total. The van der Waals surface area contributed by atoms with Gasteiger partial charge in [0.1, 0.15) is 6.42 Å². The Bertz CT molecular complexity index is 220. The molecule has 0 spiro atoms. The molecule has 1 fully saturated rings. The molecule has 0 radical (unpaired) electrons. The molecule has 1 aliphatic heterocycles. The molecule has 80 valence electrons. The summed E-state index contributed by atoms with van der Waals surface area (Å²) in [5.41, 5.74) is 0. The highest BCUT2D eigenvalue weighted by atomic mass is 16.2. The molecule has 2 amide bonds. The Hall–Kier alpha value is -1.06. The zero-order chi connectivity index (χ0) is 10.6. The first-order valence-electron chi connectivity index (χ1n) is 5.12. The first-order chi connectivity index (χ1) is 6.63. The van der Waals surface area contributed by atoms with Crippen LogP contribution in [0.4, 0.5) is 0 Å². The Balaban J connectivity index is 2.34. The minimum Gasteiger partial charge on any atom is -0.359 e. The minimum atomic E-state index is -0.200. The number of carbonyl (C=O) groups is 2. The molecule has 1 aliphatic rings. The van der Waals surface area contributed by atoms with Crippen LogP contribution in [0.3, 0.4) is 0 Å². The number of likely N-dealkylation sites (tertiary alicyclic amines) is 1. The van der Waals surface area contributed by atoms with Crippen LogP contribution in [-0.4, -0.2) is 36.9 Å². The maximum absolute atomic E-state index is 11.5. The quantitative estimate of drug-likeness (QED) is 0.652. The Morgan fingerprint density at radius 3 is 2.43 bits per heavy atom. The summed E-state index contributed by atoms with van der Waals surface area (Å²) in [5.74, 6) is 0.462. The lowest BCUT2D eigenvalue weighted by atomic mass is 9.99. The number of rotatable bonds is 2. The van der Waals surface area contributed by atoms with Gasteiger partial charge in [-0.1, -0.05) is 6.92 Å². The van der Waals surface area contributed by atoms with Crippen LogP contribution < -0.4 is 5.32 Å². The monoisotopic (exact) mass is 198 g/mol. The molecule has 0 bridgehead atoms. The van der Waals surface area contributed by atoms with Gasteiger partial charge in [-0.25, -0.2) is 0 Å². The van der Waals surface area contributed by atoms with E-state index in [1.165, 1.54) is 0 Å². The summed E-state index contributed by atoms with van der Waals surface area (Å²) in [6, 6.07) is 0. The number of hydrogen-bond acceptors (Lipinski definition) is 2. The molecule has 1 saturated heterocycles. The van der Waals surface area contributed by atoms with Gasteiger partial charge in [0.05, 0.1) is 0 Å². The highest BCUT2D eigenvalue weighted by Crippen LogP contribution is 2.16. The van der Waals surface area contributed by atoms with Crippen LogP contribution >= 0.6 is 0 Å². The zero-order valence-corrected chi connectivity index (χ0v) is 8.88. The second-order valence-corrected chi connectivity index (χ2v) is 3.91. The van der Waals surface area contributed by atoms with Gasteiger partial charge in [-0.05, 0) is 18.8 Å². The molecule has 0 aliphatic carbocycles. The van der Waals surface area contributed by atoms with Gasteiger partial charge < -0.3 is 10.2 Å². The van der Waals surface area contributed by atoms with E-state index in [-0.39, 0.29) is 18.2 Å². The van der Waals surface area contributed by atoms with E-state index in [1.807, 2.05) is 0 Å². The largest absolute Gasteiger partial charge is 0.359 e. The van der Waals surface area contributed by atoms with E-state index < -0.39 is 0 Å². The Kier molecular flexibility index (Phi) is 3.92. The molecular formula is C10H18N2O2. The van der Waals surface area contributed by atoms with Crippen molar-refractivity contribution in [3.8, 4) is 0 Å². The number of nitrogens with one attached hydrogen (secondary N) is 1. The van der Waals surface area contributed by atoms with E-state index in [2.05, 4.69) is 12.2 Å². The van der Waals surface area contributed by atoms with Gasteiger partial charge in [-0.15, -0.1) is 0 Å². The molecule has 0 unspecified atom stereocenters. The highest BCUT2D eigenvalue weighted by Gasteiger charge is 2.21. The number of nitrogens with zero attached hydrogens (tertiary/aromatic N) is 1. The van der Waals surface area contributed by atoms with Crippen molar-refractivity contribution in [2.75, 3.05) is 20.1 Å². The number of carbonyl (C=O) groups excluding carboxylic acids is 2. The minimum absolute atomic E-state index is 0.00905. The maximum Gasteiger partial charge on any atom is 0.232 e. The summed E-state index contributed by atoms with van der Waals surface area (Å²) >= 11 is 0. The van der Waals surface area contributed by atoms with Crippen molar-refractivity contribution in [2.24, 2.45) is 5.92 Å². The third-order valence-electron chi connectivity index (χ3n) is 2.73. The van der Waals surface area contributed by atoms with Crippen molar-refractivity contribution in [1.29, 1.82) is 0 Å². The predicted octanol–water partition coefficient (Wildman–Crippen LogP) is 0.381. The first-order valence-corrected chi connectivity index (χ1v) is 5.12. The molecule has 14 heavy (non-hydrogen) atoms. The molecule has 0 aromatic rings. The van der Waals surface area contributed by atoms with Crippen LogP contribution in [0.1, 0.15) is 26.2 Å². The molecule has 1 N–H and O–H groups in total. The summed E-state index contributed by atoms with van der Waals surface area (Å²) in [6.45, 7) is 3.80. The van der Waals surface area contributed by atoms with Crippen LogP contribution in [0, 0.1) is 5.92 Å². The highest BCUT2D eigenvalue weighted by molar-refractivity contribution is 5.96. The Morgan fingerprint density at radius 2 is 1.93 bits per heavy atom. The van der Waals surface area contributed by atoms with Gasteiger partial charge >= 0.3 is 0 Å². The van der Waals surface area contributed by atoms with Crippen molar-refractivity contribution in [2.45, 2.75) is 26.2 Å². The average Bonchev–Trinajstić information content (AvgIpc) is 2.18. The molecular weight excluding hydrogens is 180 g/mol. The average molecular weight is 198 g/mol. The van der Waals surface area contributed by atoms with Gasteiger partial charge in [0, 0.05) is 20.1 Å². The smallest absolute Gasteiger partial charge is 0.232 e. The van der Waals surface area contributed by atoms with Crippen LogP contribution in [0.5, 0.6) is 0 Å². The topological polar surface area (TPSA) is 49.4 Å². The van der Waals surface area contributed by atoms with Gasteiger partial charge in [-0.3, -0.25) is 9.59 Å². The molecule has 1 heterocycles. The molecule has 0 aromatic carbocycles. The van der Waals surface area contributed by atoms with Gasteiger partial charge in [0.2, 0.25) is 11.8 Å². The molecule has 0 aromatic heterocycles. The second-order valence-electron chi connectivity index (χ2n) is 3.91. The van der Waals surface area contributed by atoms with E-state index in [9.17, 15) is 9.59 Å². The number of piperidine rings is 1. The predicted molar refractivity (Wildman–Crippen MR) is 53.7 cm³/mol. The summed E-state index contributed by atoms with van der Waals surface area (Å²) in [4.78, 5) is 24.3. The third kappa shape index (κ3) is 3.01. The number of amides is 2. The summed E-state index contributed by atoms with van der Waals surface area (Å²) in [5, 5.41) is 2.46. The fourth-order valence-electron chi connectivity index (χ4n) is 1.60. The van der Waals surface area contributed by atoms with Crippen molar-refractivity contribution >= 4 is 11.8 Å². The zero-order valence-electron chi connectivity index (χ0n) is 8.88. The van der Waals surface area contributed by atoms with Crippen LogP contribution in [0.2, 0.25) is 0 Å². The van der Waals surface area contributed by atoms with Gasteiger partial charge in [0.25, 0.3) is 0 Å². The maximum atomic E-state index is 11.5. The lowest BCUT2D eigenvalue weighted by molar-refractivity contribution is -0.136. The van der Waals surface area contributed by atoms with Crippen molar-refractivity contribution in [3.63, 3.8) is 0 Å². The van der Waals surface area contributed by atoms with Crippen LogP contribution in [0.15, 0.2) is 0 Å². The standard InChI is InChI=1S/C10H18N2O2/c1-8-3-5-12(6-4-8)10(14)7-9(13)11-2/h8H,3-7H2,1-2H3,(H,11,13). The van der Waals surface area contributed by atoms with Crippen molar-refractivity contribution in [1.82, 2.24) is 10.2 Å². The molecule has 0 saturated carbocycles. The molecule has 4 heteroatoms. The summed E-state index contributed by atoms with van der Waals surface area (Å²) in [7, 11) is 1.55.